The van der Waals surface area contributed by atoms with Crippen LogP contribution in [-0.4, -0.2) is 21.1 Å². The van der Waals surface area contributed by atoms with E-state index >= 15 is 0 Å². The summed E-state index contributed by atoms with van der Waals surface area (Å²) in [5.41, 5.74) is 1.73. The maximum Gasteiger partial charge on any atom is 0.259 e. The summed E-state index contributed by atoms with van der Waals surface area (Å²) in [6.07, 6.45) is -1.06. The van der Waals surface area contributed by atoms with Crippen molar-refractivity contribution in [2.75, 3.05) is 5.32 Å². The summed E-state index contributed by atoms with van der Waals surface area (Å²) < 4.78 is 13.3. The second-order valence-electron chi connectivity index (χ2n) is 5.44. The fraction of sp³-hybridized carbons (Fsp3) is 0.118. The van der Waals surface area contributed by atoms with Crippen molar-refractivity contribution in [3.05, 3.63) is 68.9 Å². The molecule has 9 heteroatoms. The van der Waals surface area contributed by atoms with Gasteiger partial charge in [0.25, 0.3) is 5.91 Å². The quantitative estimate of drug-likeness (QED) is 0.438. The molecule has 3 N–H and O–H groups in total. The average molecular weight is 409 g/mol. The van der Waals surface area contributed by atoms with Gasteiger partial charge in [-0.3, -0.25) is 10.1 Å². The molecule has 0 bridgehead atoms. The first kappa shape index (κ1) is 18.6. The largest absolute Gasteiger partial charge is 0.508 e. The Labute approximate surface area is 160 Å². The molecule has 0 aliphatic heterocycles. The molecule has 5 nitrogen and oxygen atoms in total. The molecule has 134 valence electrons. The number of carbonyl (C=O) groups is 1. The van der Waals surface area contributed by atoms with E-state index in [4.69, 9.17) is 12.2 Å². The molecule has 0 spiro atoms. The lowest BCUT2D eigenvalue weighted by Crippen LogP contribution is -2.20. The number of rotatable bonds is 5. The van der Waals surface area contributed by atoms with Gasteiger partial charge in [0, 0.05) is 5.56 Å². The monoisotopic (exact) mass is 408 g/mol. The Hall–Kier alpha value is -2.20. The molecule has 2 aromatic carbocycles. The molecule has 0 saturated heterocycles. The number of aliphatic hydroxyl groups excluding tert-OH is 1. The summed E-state index contributed by atoms with van der Waals surface area (Å²) in [4.78, 5) is 16.0. The molecule has 3 aromatic rings. The second kappa shape index (κ2) is 8.00. The molecule has 1 heterocycles. The molecule has 1 amide bonds. The molecular formula is C17H13FN2O3S3. The first-order valence-electron chi connectivity index (χ1n) is 7.45. The summed E-state index contributed by atoms with van der Waals surface area (Å²) >= 11 is 4.88. The Morgan fingerprint density at radius 1 is 1.19 bits per heavy atom. The van der Waals surface area contributed by atoms with Gasteiger partial charge in [-0.2, -0.15) is 4.98 Å². The normalized spacial score (nSPS) is 11.9. The Bertz CT molecular complexity index is 985. The number of benzene rings is 2. The molecule has 0 aliphatic rings. The van der Waals surface area contributed by atoms with E-state index in [2.05, 4.69) is 10.3 Å². The van der Waals surface area contributed by atoms with Gasteiger partial charge in [0.2, 0.25) is 5.13 Å². The summed E-state index contributed by atoms with van der Waals surface area (Å²) in [7, 11) is 2.43. The zero-order valence-corrected chi connectivity index (χ0v) is 15.6. The lowest BCUT2D eigenvalue weighted by molar-refractivity contribution is -0.124. The maximum absolute atomic E-state index is 13.0. The second-order valence-corrected chi connectivity index (χ2v) is 8.19. The molecule has 1 unspecified atom stereocenters. The Morgan fingerprint density at radius 3 is 2.50 bits per heavy atom. The minimum atomic E-state index is -1.54. The van der Waals surface area contributed by atoms with Crippen molar-refractivity contribution in [2.45, 2.75) is 12.5 Å². The number of phenolic OH excluding ortho intramolecular Hbond substituents is 1. The van der Waals surface area contributed by atoms with E-state index in [-0.39, 0.29) is 17.1 Å². The van der Waals surface area contributed by atoms with E-state index in [9.17, 15) is 19.4 Å². The number of phenols is 1. The van der Waals surface area contributed by atoms with Crippen molar-refractivity contribution < 1.29 is 19.4 Å². The van der Waals surface area contributed by atoms with Crippen LogP contribution >= 0.6 is 32.9 Å². The molecular weight excluding hydrogens is 395 g/mol. The van der Waals surface area contributed by atoms with Crippen LogP contribution in [0, 0.1) is 9.77 Å². The van der Waals surface area contributed by atoms with E-state index in [1.54, 1.807) is 18.2 Å². The van der Waals surface area contributed by atoms with Crippen molar-refractivity contribution >= 4 is 43.9 Å². The first-order chi connectivity index (χ1) is 12.4. The number of aliphatic hydroxyl groups is 1. The van der Waals surface area contributed by atoms with Crippen molar-refractivity contribution in [3.63, 3.8) is 0 Å². The van der Waals surface area contributed by atoms with Crippen molar-refractivity contribution in [1.29, 1.82) is 0 Å². The van der Waals surface area contributed by atoms with E-state index in [1.807, 2.05) is 0 Å². The van der Waals surface area contributed by atoms with Crippen LogP contribution in [0.1, 0.15) is 22.8 Å². The minimum Gasteiger partial charge on any atom is -0.508 e. The predicted octanol–water partition coefficient (Wildman–Crippen LogP) is 4.04. The molecule has 1 aromatic heterocycles. The first-order valence-corrected chi connectivity index (χ1v) is 10.0. The van der Waals surface area contributed by atoms with Gasteiger partial charge in [-0.1, -0.05) is 24.3 Å². The molecule has 0 radical (unpaired) electrons. The van der Waals surface area contributed by atoms with Crippen LogP contribution in [0.25, 0.3) is 0 Å². The van der Waals surface area contributed by atoms with Gasteiger partial charge >= 0.3 is 0 Å². The zero-order valence-electron chi connectivity index (χ0n) is 13.2. The summed E-state index contributed by atoms with van der Waals surface area (Å²) in [6, 6.07) is 10.7. The van der Waals surface area contributed by atoms with E-state index in [0.29, 0.717) is 15.5 Å². The van der Waals surface area contributed by atoms with Gasteiger partial charge < -0.3 is 10.2 Å². The third kappa shape index (κ3) is 4.50. The number of aromatic hydroxyl groups is 1. The van der Waals surface area contributed by atoms with Gasteiger partial charge in [-0.15, -0.1) is 0 Å². The van der Waals surface area contributed by atoms with E-state index in [0.717, 1.165) is 11.1 Å². The number of hydrogen-bond acceptors (Lipinski definition) is 7. The number of amides is 1. The van der Waals surface area contributed by atoms with Crippen LogP contribution in [0.3, 0.4) is 0 Å². The fourth-order valence-corrected chi connectivity index (χ4v) is 4.19. The smallest absolute Gasteiger partial charge is 0.259 e. The van der Waals surface area contributed by atoms with Crippen LogP contribution in [0.4, 0.5) is 9.52 Å². The van der Waals surface area contributed by atoms with Crippen LogP contribution in [0.5, 0.6) is 5.75 Å². The lowest BCUT2D eigenvalue weighted by atomic mass is 10.0. The number of carbonyl (C=O) groups excluding carboxylic acids is 1. The van der Waals surface area contributed by atoms with Gasteiger partial charge in [-0.25, -0.2) is 4.39 Å². The summed E-state index contributed by atoms with van der Waals surface area (Å²) in [6.45, 7) is 0. The average Bonchev–Trinajstić information content (AvgIpc) is 3.01. The van der Waals surface area contributed by atoms with Crippen molar-refractivity contribution in [3.8, 4) is 5.75 Å². The number of nitrogens with zero attached hydrogens (tertiary/aromatic N) is 1. The highest BCUT2D eigenvalue weighted by Crippen LogP contribution is 2.28. The lowest BCUT2D eigenvalue weighted by Gasteiger charge is -2.13. The molecule has 26 heavy (non-hydrogen) atoms. The number of anilines is 1. The van der Waals surface area contributed by atoms with E-state index in [1.165, 1.54) is 44.9 Å². The van der Waals surface area contributed by atoms with Gasteiger partial charge in [-0.05, 0) is 68.6 Å². The van der Waals surface area contributed by atoms with Crippen LogP contribution in [0.15, 0.2) is 42.5 Å². The van der Waals surface area contributed by atoms with Gasteiger partial charge in [0.15, 0.2) is 10.1 Å². The third-order valence-corrected chi connectivity index (χ3v) is 6.10. The highest BCUT2D eigenvalue weighted by Gasteiger charge is 2.22. The number of aromatic nitrogens is 1. The fourth-order valence-electron chi connectivity index (χ4n) is 2.33. The van der Waals surface area contributed by atoms with Crippen LogP contribution < -0.4 is 5.32 Å². The van der Waals surface area contributed by atoms with Crippen LogP contribution in [-0.2, 0) is 11.2 Å². The summed E-state index contributed by atoms with van der Waals surface area (Å²) in [5.74, 6) is -1.22. The molecule has 0 fully saturated rings. The standard InChI is InChI=1S/C17H13FN2O3S3/c18-11-4-1-9(2-5-11)7-10-3-6-12(13(21)8-10)14(22)15(23)19-16-20-17(24)26-25-16/h1-6,8,14,21-22H,7H2,(H,19,20,23,24). The topological polar surface area (TPSA) is 82.5 Å². The van der Waals surface area contributed by atoms with Crippen LogP contribution in [0.2, 0.25) is 0 Å². The number of hydrogen-bond donors (Lipinski definition) is 3. The number of halogens is 1. The predicted molar refractivity (Wildman–Crippen MR) is 102 cm³/mol. The zero-order chi connectivity index (χ0) is 18.7. The highest BCUT2D eigenvalue weighted by atomic mass is 32.9. The van der Waals surface area contributed by atoms with Gasteiger partial charge in [0.1, 0.15) is 11.6 Å². The molecule has 3 rings (SSSR count). The Balaban J connectivity index is 1.72. The maximum atomic E-state index is 13.0. The summed E-state index contributed by atoms with van der Waals surface area (Å²) in [5, 5.41) is 23.1. The Morgan fingerprint density at radius 2 is 1.88 bits per heavy atom. The molecule has 0 aliphatic carbocycles. The Kier molecular flexibility index (Phi) is 5.72. The van der Waals surface area contributed by atoms with E-state index < -0.39 is 12.0 Å². The minimum absolute atomic E-state index is 0.0872. The SMILES string of the molecule is O=C(Nc1nc(=S)ss1)C(O)c1ccc(Cc2ccc(F)cc2)cc1O. The number of nitrogens with one attached hydrogen (secondary N) is 1. The van der Waals surface area contributed by atoms with Crippen molar-refractivity contribution in [1.82, 2.24) is 4.98 Å². The van der Waals surface area contributed by atoms with Crippen molar-refractivity contribution in [2.24, 2.45) is 0 Å². The van der Waals surface area contributed by atoms with Gasteiger partial charge in [0.05, 0.1) is 0 Å². The molecule has 1 atom stereocenters. The molecule has 0 saturated carbocycles. The highest BCUT2D eigenvalue weighted by molar-refractivity contribution is 7.79. The third-order valence-electron chi connectivity index (χ3n) is 3.57.